The van der Waals surface area contributed by atoms with Crippen LogP contribution in [0.15, 0.2) is 54.6 Å². The zero-order valence-electron chi connectivity index (χ0n) is 17.5. The van der Waals surface area contributed by atoms with Crippen LogP contribution in [0.25, 0.3) is 0 Å². The van der Waals surface area contributed by atoms with Gasteiger partial charge in [-0.2, -0.15) is 5.26 Å². The number of halogens is 2. The van der Waals surface area contributed by atoms with E-state index in [0.717, 1.165) is 38.0 Å². The third kappa shape index (κ3) is 7.59. The first-order valence-corrected chi connectivity index (χ1v) is 10.5. The van der Waals surface area contributed by atoms with E-state index in [2.05, 4.69) is 66.4 Å². The Morgan fingerprint density at radius 1 is 0.966 bits per heavy atom. The molecule has 2 atom stereocenters. The Morgan fingerprint density at radius 2 is 1.55 bits per heavy atom. The largest absolute Gasteiger partial charge is 0.299 e. The van der Waals surface area contributed by atoms with Gasteiger partial charge in [-0.25, -0.2) is 8.78 Å². The van der Waals surface area contributed by atoms with Gasteiger partial charge < -0.3 is 0 Å². The van der Waals surface area contributed by atoms with E-state index in [1.807, 2.05) is 0 Å². The second-order valence-electron chi connectivity index (χ2n) is 7.62. The van der Waals surface area contributed by atoms with Crippen molar-refractivity contribution in [2.75, 3.05) is 13.1 Å². The van der Waals surface area contributed by atoms with Crippen LogP contribution in [0.4, 0.5) is 8.78 Å². The van der Waals surface area contributed by atoms with Crippen LogP contribution in [-0.4, -0.2) is 30.3 Å². The van der Waals surface area contributed by atoms with Gasteiger partial charge in [-0.15, -0.1) is 0 Å². The average Bonchev–Trinajstić information content (AvgIpc) is 3.07. The van der Waals surface area contributed by atoms with Gasteiger partial charge in [0.1, 0.15) is 12.3 Å². The second-order valence-corrected chi connectivity index (χ2v) is 7.62. The summed E-state index contributed by atoms with van der Waals surface area (Å²) in [5, 5.41) is 7.32. The minimum Gasteiger partial charge on any atom is -0.299 e. The van der Waals surface area contributed by atoms with E-state index in [0.29, 0.717) is 12.8 Å². The first-order valence-electron chi connectivity index (χ1n) is 10.5. The molecule has 0 bridgehead atoms. The Hall–Kier alpha value is -2.25. The molecule has 2 aromatic rings. The molecule has 1 fully saturated rings. The number of aryl methyl sites for hydroxylation is 1. The van der Waals surface area contributed by atoms with Gasteiger partial charge in [0, 0.05) is 13.5 Å². The van der Waals surface area contributed by atoms with E-state index < -0.39 is 12.3 Å². The maximum absolute atomic E-state index is 13.4. The third-order valence-corrected chi connectivity index (χ3v) is 5.50. The molecule has 2 unspecified atom stereocenters. The minimum absolute atomic E-state index is 0.0375. The van der Waals surface area contributed by atoms with Crippen LogP contribution >= 0.6 is 0 Å². The molecule has 2 nitrogen and oxygen atoms in total. The fourth-order valence-corrected chi connectivity index (χ4v) is 3.86. The highest BCUT2D eigenvalue weighted by molar-refractivity contribution is 5.27. The Morgan fingerprint density at radius 3 is 2.10 bits per heavy atom. The molecule has 0 aliphatic heterocycles. The average molecular weight is 399 g/mol. The molecule has 1 saturated carbocycles. The summed E-state index contributed by atoms with van der Waals surface area (Å²) in [6, 6.07) is 20.7. The predicted molar refractivity (Wildman–Crippen MR) is 115 cm³/mol. The minimum atomic E-state index is -1.29. The molecule has 0 amide bonds. The van der Waals surface area contributed by atoms with E-state index >= 15 is 0 Å². The van der Waals surface area contributed by atoms with Gasteiger partial charge in [0.15, 0.2) is 0 Å². The molecule has 1 aliphatic rings. The number of hydrogen-bond donors (Lipinski definition) is 0. The molecule has 0 spiro atoms. The maximum atomic E-state index is 13.4. The molecule has 156 valence electrons. The predicted octanol–water partition coefficient (Wildman–Crippen LogP) is 6.22. The third-order valence-electron chi connectivity index (χ3n) is 5.50. The molecule has 0 saturated heterocycles. The van der Waals surface area contributed by atoms with Crippen molar-refractivity contribution in [3.05, 3.63) is 71.3 Å². The monoisotopic (exact) mass is 398 g/mol. The molecule has 1 aliphatic carbocycles. The van der Waals surface area contributed by atoms with Crippen molar-refractivity contribution in [3.8, 4) is 6.07 Å². The lowest BCUT2D eigenvalue weighted by Crippen LogP contribution is -2.24. The number of nitriles is 1. The quantitative estimate of drug-likeness (QED) is 0.527. The summed E-state index contributed by atoms with van der Waals surface area (Å²) in [6.45, 7) is 6.75. The van der Waals surface area contributed by atoms with Crippen molar-refractivity contribution in [1.29, 1.82) is 5.26 Å². The van der Waals surface area contributed by atoms with Crippen LogP contribution in [0, 0.1) is 11.3 Å². The molecule has 4 heteroatoms. The van der Waals surface area contributed by atoms with Gasteiger partial charge in [0.2, 0.25) is 0 Å². The summed E-state index contributed by atoms with van der Waals surface area (Å²) in [5.74, 6) is 0.0375. The van der Waals surface area contributed by atoms with Crippen molar-refractivity contribution in [2.45, 2.75) is 64.3 Å². The first kappa shape index (κ1) is 23.0. The lowest BCUT2D eigenvalue weighted by Gasteiger charge is -2.20. The van der Waals surface area contributed by atoms with Crippen molar-refractivity contribution < 1.29 is 8.78 Å². The van der Waals surface area contributed by atoms with Crippen molar-refractivity contribution in [3.63, 3.8) is 0 Å². The standard InChI is InChI=1S/C23H29F2N.C2H3N/c1-2-26(17-19-7-4-3-5-8-19)14-6-9-18-10-12-20(13-11-18)21-15-22(24)23(25)16-21;1-2-3/h3-5,7-8,10-13,21-23H,2,6,9,14-17H2,1H3;1H3. The number of hydrogen-bond acceptors (Lipinski definition) is 2. The highest BCUT2D eigenvalue weighted by Crippen LogP contribution is 2.38. The summed E-state index contributed by atoms with van der Waals surface area (Å²) in [4.78, 5) is 2.46. The molecular formula is C25H32F2N2. The number of benzene rings is 2. The van der Waals surface area contributed by atoms with Crippen LogP contribution in [0.1, 0.15) is 55.7 Å². The Bertz CT molecular complexity index is 730. The molecule has 0 N–H and O–H groups in total. The van der Waals surface area contributed by atoms with Crippen LogP contribution in [0.3, 0.4) is 0 Å². The van der Waals surface area contributed by atoms with Gasteiger partial charge >= 0.3 is 0 Å². The summed E-state index contributed by atoms with van der Waals surface area (Å²) < 4.78 is 26.8. The fourth-order valence-electron chi connectivity index (χ4n) is 3.86. The summed E-state index contributed by atoms with van der Waals surface area (Å²) >= 11 is 0. The van der Waals surface area contributed by atoms with Crippen molar-refractivity contribution in [1.82, 2.24) is 4.90 Å². The molecule has 29 heavy (non-hydrogen) atoms. The number of rotatable bonds is 8. The Labute approximate surface area is 174 Å². The smallest absolute Gasteiger partial charge is 0.132 e. The van der Waals surface area contributed by atoms with Crippen LogP contribution < -0.4 is 0 Å². The maximum Gasteiger partial charge on any atom is 0.132 e. The summed E-state index contributed by atoms with van der Waals surface area (Å²) in [7, 11) is 0. The van der Waals surface area contributed by atoms with Gasteiger partial charge in [-0.3, -0.25) is 4.90 Å². The highest BCUT2D eigenvalue weighted by atomic mass is 19.2. The van der Waals surface area contributed by atoms with Crippen LogP contribution in [0.5, 0.6) is 0 Å². The molecule has 0 aromatic heterocycles. The topological polar surface area (TPSA) is 27.0 Å². The van der Waals surface area contributed by atoms with E-state index in [4.69, 9.17) is 5.26 Å². The second kappa shape index (κ2) is 12.3. The van der Waals surface area contributed by atoms with Gasteiger partial charge in [0.05, 0.1) is 6.07 Å². The molecule has 0 radical (unpaired) electrons. The highest BCUT2D eigenvalue weighted by Gasteiger charge is 2.35. The lowest BCUT2D eigenvalue weighted by molar-refractivity contribution is 0.199. The normalized spacial score (nSPS) is 20.8. The van der Waals surface area contributed by atoms with Gasteiger partial charge in [0.25, 0.3) is 0 Å². The zero-order chi connectivity index (χ0) is 21.1. The van der Waals surface area contributed by atoms with E-state index in [9.17, 15) is 8.78 Å². The summed E-state index contributed by atoms with van der Waals surface area (Å²) in [5.41, 5.74) is 3.74. The van der Waals surface area contributed by atoms with Crippen molar-refractivity contribution >= 4 is 0 Å². The van der Waals surface area contributed by atoms with E-state index in [1.54, 1.807) is 6.07 Å². The van der Waals surface area contributed by atoms with Crippen LogP contribution in [-0.2, 0) is 13.0 Å². The lowest BCUT2D eigenvalue weighted by atomic mass is 9.96. The van der Waals surface area contributed by atoms with Crippen molar-refractivity contribution in [2.24, 2.45) is 0 Å². The first-order chi connectivity index (χ1) is 14.1. The van der Waals surface area contributed by atoms with Gasteiger partial charge in [-0.05, 0) is 61.4 Å². The number of nitrogens with zero attached hydrogens (tertiary/aromatic N) is 2. The Kier molecular flexibility index (Phi) is 9.80. The molecule has 3 rings (SSSR count). The fraction of sp³-hybridized carbons (Fsp3) is 0.480. The van der Waals surface area contributed by atoms with Gasteiger partial charge in [-0.1, -0.05) is 61.5 Å². The Balaban J connectivity index is 0.000000941. The van der Waals surface area contributed by atoms with Crippen LogP contribution in [0.2, 0.25) is 0 Å². The molecule has 2 aromatic carbocycles. The molecular weight excluding hydrogens is 366 g/mol. The summed E-state index contributed by atoms with van der Waals surface area (Å²) in [6.07, 6.45) is 0.223. The zero-order valence-corrected chi connectivity index (χ0v) is 17.5. The SMILES string of the molecule is CC#N.CCN(CCCc1ccc(C2CC(F)C(F)C2)cc1)Cc1ccccc1. The number of alkyl halides is 2. The molecule has 0 heterocycles. The van der Waals surface area contributed by atoms with E-state index in [-0.39, 0.29) is 5.92 Å². The van der Waals surface area contributed by atoms with E-state index in [1.165, 1.54) is 18.1 Å².